The smallest absolute Gasteiger partial charge is 0.335 e. The number of aliphatic imine (C=N–C) groups is 1. The van der Waals surface area contributed by atoms with Crippen LogP contribution in [0, 0.1) is 0 Å². The van der Waals surface area contributed by atoms with E-state index in [0.717, 1.165) is 0 Å². The predicted octanol–water partition coefficient (Wildman–Crippen LogP) is 1.90. The molecule has 0 aliphatic heterocycles. The Kier molecular flexibility index (Phi) is 4.31. The van der Waals surface area contributed by atoms with Crippen LogP contribution in [0.3, 0.4) is 0 Å². The van der Waals surface area contributed by atoms with Gasteiger partial charge in [0.1, 0.15) is 0 Å². The Morgan fingerprint density at radius 3 is 2.06 bits per heavy atom. The van der Waals surface area contributed by atoms with E-state index in [1.807, 2.05) is 0 Å². The molecule has 2 N–H and O–H groups in total. The summed E-state index contributed by atoms with van der Waals surface area (Å²) in [5, 5.41) is 20.3. The molecule has 0 saturated heterocycles. The molecule has 0 aromatic heterocycles. The van der Waals surface area contributed by atoms with Crippen LogP contribution in [-0.2, 0) is 4.79 Å². The summed E-state index contributed by atoms with van der Waals surface area (Å²) in [5.74, 6) is -1.43. The number of ketones is 1. The number of carboxylic acid groups (broad SMARTS) is 1. The maximum absolute atomic E-state index is 11.1. The molecule has 0 unspecified atom stereocenters. The first kappa shape index (κ1) is 13.6. The van der Waals surface area contributed by atoms with Crippen molar-refractivity contribution in [2.45, 2.75) is 13.8 Å². The van der Waals surface area contributed by atoms with Gasteiger partial charge in [-0.15, -0.1) is 0 Å². The third-order valence-corrected chi connectivity index (χ3v) is 2.19. The van der Waals surface area contributed by atoms with E-state index in [1.165, 1.54) is 38.1 Å². The fourth-order valence-corrected chi connectivity index (χ4v) is 1.32. The monoisotopic (exact) mass is 248 g/mol. The van der Waals surface area contributed by atoms with Gasteiger partial charge in [0.25, 0.3) is 0 Å². The molecule has 1 aromatic carbocycles. The Bertz CT molecular complexity index is 530. The van der Waals surface area contributed by atoms with Gasteiger partial charge in [-0.3, -0.25) is 9.79 Å². The van der Waals surface area contributed by atoms with Crippen molar-refractivity contribution in [1.29, 1.82) is 0 Å². The molecule has 0 spiro atoms. The van der Waals surface area contributed by atoms with Gasteiger partial charge in [0.2, 0.25) is 0 Å². The minimum absolute atomic E-state index is 0.127. The molecular weight excluding hydrogens is 236 g/mol. The molecule has 0 heterocycles. The van der Waals surface area contributed by atoms with E-state index in [9.17, 15) is 9.59 Å². The van der Waals surface area contributed by atoms with Gasteiger partial charge in [0.05, 0.1) is 17.0 Å². The second kappa shape index (κ2) is 5.72. The molecule has 0 radical (unpaired) electrons. The minimum Gasteiger partial charge on any atom is -0.478 e. The maximum atomic E-state index is 11.1. The molecule has 18 heavy (non-hydrogen) atoms. The molecule has 1 aromatic rings. The molecule has 1 rings (SSSR count). The first-order valence-corrected chi connectivity index (χ1v) is 5.07. The van der Waals surface area contributed by atoms with Gasteiger partial charge in [0, 0.05) is 6.92 Å². The van der Waals surface area contributed by atoms with Crippen molar-refractivity contribution in [2.24, 2.45) is 10.1 Å². The second-order valence-corrected chi connectivity index (χ2v) is 3.55. The van der Waals surface area contributed by atoms with Gasteiger partial charge in [-0.1, -0.05) is 5.16 Å². The Hall–Kier alpha value is -2.50. The predicted molar refractivity (Wildman–Crippen MR) is 66.1 cm³/mol. The highest BCUT2D eigenvalue weighted by molar-refractivity contribution is 6.66. The average molecular weight is 248 g/mol. The lowest BCUT2D eigenvalue weighted by Gasteiger charge is -2.00. The van der Waals surface area contributed by atoms with Crippen LogP contribution in [0.15, 0.2) is 34.4 Å². The minimum atomic E-state index is -1.02. The Labute approximate surface area is 103 Å². The third kappa shape index (κ3) is 3.24. The molecular formula is C12H12N2O4. The Morgan fingerprint density at radius 2 is 1.67 bits per heavy atom. The number of oxime groups is 1. The maximum Gasteiger partial charge on any atom is 0.335 e. The van der Waals surface area contributed by atoms with E-state index in [1.54, 1.807) is 0 Å². The Morgan fingerprint density at radius 1 is 1.11 bits per heavy atom. The van der Waals surface area contributed by atoms with E-state index >= 15 is 0 Å². The van der Waals surface area contributed by atoms with E-state index in [-0.39, 0.29) is 17.0 Å². The molecule has 0 bridgehead atoms. The fraction of sp³-hybridized carbons (Fsp3) is 0.167. The SMILES string of the molecule is CC(=O)/C(=N\O)C(C)=Nc1ccc(C(=O)O)cc1. The number of aromatic carboxylic acids is 1. The molecule has 0 fully saturated rings. The lowest BCUT2D eigenvalue weighted by atomic mass is 10.1. The van der Waals surface area contributed by atoms with E-state index in [4.69, 9.17) is 10.3 Å². The summed E-state index contributed by atoms with van der Waals surface area (Å²) in [4.78, 5) is 25.8. The molecule has 0 aliphatic carbocycles. The van der Waals surface area contributed by atoms with Gasteiger partial charge < -0.3 is 10.3 Å². The van der Waals surface area contributed by atoms with Crippen LogP contribution in [0.5, 0.6) is 0 Å². The average Bonchev–Trinajstić information content (AvgIpc) is 2.29. The van der Waals surface area contributed by atoms with Crippen LogP contribution in [0.1, 0.15) is 24.2 Å². The number of hydrogen-bond donors (Lipinski definition) is 2. The molecule has 94 valence electrons. The van der Waals surface area contributed by atoms with E-state index in [2.05, 4.69) is 10.1 Å². The van der Waals surface area contributed by atoms with Gasteiger partial charge in [-0.05, 0) is 31.2 Å². The van der Waals surface area contributed by atoms with Crippen molar-refractivity contribution in [3.05, 3.63) is 29.8 Å². The Balaban J connectivity index is 3.02. The zero-order valence-corrected chi connectivity index (χ0v) is 9.91. The number of hydrogen-bond acceptors (Lipinski definition) is 5. The lowest BCUT2D eigenvalue weighted by molar-refractivity contribution is -0.111. The van der Waals surface area contributed by atoms with Crippen molar-refractivity contribution in [2.75, 3.05) is 0 Å². The van der Waals surface area contributed by atoms with Gasteiger partial charge >= 0.3 is 5.97 Å². The number of carboxylic acids is 1. The van der Waals surface area contributed by atoms with Crippen LogP contribution in [0.25, 0.3) is 0 Å². The van der Waals surface area contributed by atoms with Crippen LogP contribution in [0.2, 0.25) is 0 Å². The zero-order chi connectivity index (χ0) is 13.7. The number of carbonyl (C=O) groups excluding carboxylic acids is 1. The number of nitrogens with zero attached hydrogens (tertiary/aromatic N) is 2. The number of benzene rings is 1. The molecule has 6 heteroatoms. The first-order valence-electron chi connectivity index (χ1n) is 5.07. The lowest BCUT2D eigenvalue weighted by Crippen LogP contribution is -2.19. The standard InChI is InChI=1S/C12H12N2O4/c1-7(11(14-18)8(2)15)13-10-5-3-9(4-6-10)12(16)17/h3-6,18H,1-2H3,(H,16,17)/b13-7?,14-11-. The van der Waals surface area contributed by atoms with Crippen molar-refractivity contribution in [3.8, 4) is 0 Å². The summed E-state index contributed by atoms with van der Waals surface area (Å²) in [7, 11) is 0. The van der Waals surface area contributed by atoms with Crippen molar-refractivity contribution in [1.82, 2.24) is 0 Å². The van der Waals surface area contributed by atoms with Gasteiger partial charge in [-0.2, -0.15) is 0 Å². The number of rotatable bonds is 4. The molecule has 0 aliphatic rings. The van der Waals surface area contributed by atoms with Gasteiger partial charge in [-0.25, -0.2) is 4.79 Å². The second-order valence-electron chi connectivity index (χ2n) is 3.55. The van der Waals surface area contributed by atoms with Crippen LogP contribution >= 0.6 is 0 Å². The van der Waals surface area contributed by atoms with Crippen LogP contribution < -0.4 is 0 Å². The molecule has 0 amide bonds. The summed E-state index contributed by atoms with van der Waals surface area (Å²) < 4.78 is 0. The molecule has 0 saturated carbocycles. The van der Waals surface area contributed by atoms with Gasteiger partial charge in [0.15, 0.2) is 11.5 Å². The zero-order valence-electron chi connectivity index (χ0n) is 9.91. The quantitative estimate of drug-likeness (QED) is 0.482. The van der Waals surface area contributed by atoms with Crippen molar-refractivity contribution < 1.29 is 19.9 Å². The summed E-state index contributed by atoms with van der Waals surface area (Å²) in [6.07, 6.45) is 0. The van der Waals surface area contributed by atoms with Crippen LogP contribution in [-0.4, -0.2) is 33.5 Å². The van der Waals surface area contributed by atoms with Crippen molar-refractivity contribution in [3.63, 3.8) is 0 Å². The first-order chi connectivity index (χ1) is 8.45. The van der Waals surface area contributed by atoms with E-state index < -0.39 is 11.8 Å². The summed E-state index contributed by atoms with van der Waals surface area (Å²) in [5.41, 5.74) is 0.750. The van der Waals surface area contributed by atoms with Crippen LogP contribution in [0.4, 0.5) is 5.69 Å². The summed E-state index contributed by atoms with van der Waals surface area (Å²) in [6, 6.07) is 5.81. The topological polar surface area (TPSA) is 99.3 Å². The third-order valence-electron chi connectivity index (χ3n) is 2.19. The highest BCUT2D eigenvalue weighted by Gasteiger charge is 2.10. The molecule has 0 atom stereocenters. The highest BCUT2D eigenvalue weighted by atomic mass is 16.4. The summed E-state index contributed by atoms with van der Waals surface area (Å²) >= 11 is 0. The summed E-state index contributed by atoms with van der Waals surface area (Å²) in [6.45, 7) is 2.79. The largest absolute Gasteiger partial charge is 0.478 e. The van der Waals surface area contributed by atoms with E-state index in [0.29, 0.717) is 5.69 Å². The van der Waals surface area contributed by atoms with Crippen molar-refractivity contribution >= 4 is 28.9 Å². The highest BCUT2D eigenvalue weighted by Crippen LogP contribution is 2.13. The normalized spacial score (nSPS) is 12.3. The number of carbonyl (C=O) groups is 2. The fourth-order valence-electron chi connectivity index (χ4n) is 1.32. The number of Topliss-reactive ketones (excluding diaryl/α,β-unsaturated/α-hetero) is 1. The molecule has 6 nitrogen and oxygen atoms in total.